The van der Waals surface area contributed by atoms with Crippen LogP contribution >= 0.6 is 0 Å². The van der Waals surface area contributed by atoms with Gasteiger partial charge in [-0.25, -0.2) is 23.2 Å². The fourth-order valence-electron chi connectivity index (χ4n) is 2.99. The molecule has 0 bridgehead atoms. The third-order valence-electron chi connectivity index (χ3n) is 4.74. The van der Waals surface area contributed by atoms with Crippen LogP contribution in [-0.4, -0.2) is 41.0 Å². The number of aromatic nitrogens is 3. The minimum atomic E-state index is -3.81. The highest BCUT2D eigenvalue weighted by Crippen LogP contribution is 2.24. The molecular weight excluding hydrogens is 378 g/mol. The molecule has 2 heterocycles. The van der Waals surface area contributed by atoms with Crippen molar-refractivity contribution in [2.45, 2.75) is 37.8 Å². The average molecular weight is 401 g/mol. The van der Waals surface area contributed by atoms with Crippen LogP contribution < -0.4 is 5.14 Å². The lowest BCUT2D eigenvalue weighted by Crippen LogP contribution is -2.30. The van der Waals surface area contributed by atoms with Crippen LogP contribution in [0.2, 0.25) is 0 Å². The SMILES string of the molecule is CC(c1cccc(S(N)(=O)=O)c1)N(C)C(=O)c1cnc2c(cnn2C(C)C)c1. The second kappa shape index (κ2) is 7.33. The zero-order valence-electron chi connectivity index (χ0n) is 16.2. The van der Waals surface area contributed by atoms with Crippen LogP contribution in [-0.2, 0) is 10.0 Å². The number of primary sulfonamides is 1. The van der Waals surface area contributed by atoms with E-state index in [4.69, 9.17) is 5.14 Å². The largest absolute Gasteiger partial charge is 0.335 e. The van der Waals surface area contributed by atoms with Gasteiger partial charge in [-0.05, 0) is 44.5 Å². The molecule has 0 fully saturated rings. The van der Waals surface area contributed by atoms with Crippen molar-refractivity contribution in [1.29, 1.82) is 0 Å². The average Bonchev–Trinajstić information content (AvgIpc) is 3.09. The number of carbonyl (C=O) groups excluding carboxylic acids is 1. The highest BCUT2D eigenvalue weighted by Gasteiger charge is 2.21. The number of rotatable bonds is 5. The van der Waals surface area contributed by atoms with Crippen LogP contribution in [0.5, 0.6) is 0 Å². The Morgan fingerprint density at radius 2 is 1.89 bits per heavy atom. The highest BCUT2D eigenvalue weighted by molar-refractivity contribution is 7.89. The van der Waals surface area contributed by atoms with E-state index in [2.05, 4.69) is 10.1 Å². The van der Waals surface area contributed by atoms with E-state index in [-0.39, 0.29) is 22.9 Å². The van der Waals surface area contributed by atoms with Crippen molar-refractivity contribution in [2.75, 3.05) is 7.05 Å². The molecule has 2 aromatic heterocycles. The molecule has 2 N–H and O–H groups in total. The second-order valence-corrected chi connectivity index (χ2v) is 8.59. The summed E-state index contributed by atoms with van der Waals surface area (Å²) in [7, 11) is -2.14. The molecule has 1 aromatic carbocycles. The summed E-state index contributed by atoms with van der Waals surface area (Å²) >= 11 is 0. The summed E-state index contributed by atoms with van der Waals surface area (Å²) in [5.74, 6) is -0.222. The Balaban J connectivity index is 1.89. The minimum Gasteiger partial charge on any atom is -0.335 e. The summed E-state index contributed by atoms with van der Waals surface area (Å²) in [6, 6.07) is 7.86. The number of nitrogens with two attached hydrogens (primary N) is 1. The number of fused-ring (bicyclic) bond motifs is 1. The van der Waals surface area contributed by atoms with Gasteiger partial charge < -0.3 is 4.90 Å². The number of carbonyl (C=O) groups is 1. The Morgan fingerprint density at radius 1 is 1.18 bits per heavy atom. The normalized spacial score (nSPS) is 13.1. The monoisotopic (exact) mass is 401 g/mol. The number of benzene rings is 1. The first-order valence-corrected chi connectivity index (χ1v) is 10.4. The van der Waals surface area contributed by atoms with E-state index in [1.165, 1.54) is 23.2 Å². The van der Waals surface area contributed by atoms with Gasteiger partial charge in [-0.15, -0.1) is 0 Å². The molecule has 28 heavy (non-hydrogen) atoms. The summed E-state index contributed by atoms with van der Waals surface area (Å²) in [6.45, 7) is 5.85. The maximum Gasteiger partial charge on any atom is 0.255 e. The number of nitrogens with zero attached hydrogens (tertiary/aromatic N) is 4. The topological polar surface area (TPSA) is 111 Å². The Labute approximate surface area is 164 Å². The molecular formula is C19H23N5O3S. The predicted octanol–water partition coefficient (Wildman–Crippen LogP) is 2.49. The lowest BCUT2D eigenvalue weighted by atomic mass is 10.1. The van der Waals surface area contributed by atoms with Crippen LogP contribution in [0.3, 0.4) is 0 Å². The van der Waals surface area contributed by atoms with Crippen LogP contribution in [0.25, 0.3) is 11.0 Å². The van der Waals surface area contributed by atoms with Gasteiger partial charge in [0.25, 0.3) is 5.91 Å². The van der Waals surface area contributed by atoms with Crippen molar-refractivity contribution < 1.29 is 13.2 Å². The first-order chi connectivity index (χ1) is 13.1. The predicted molar refractivity (Wildman–Crippen MR) is 106 cm³/mol. The first kappa shape index (κ1) is 20.0. The molecule has 3 rings (SSSR count). The summed E-state index contributed by atoms with van der Waals surface area (Å²) in [4.78, 5) is 18.9. The Hall–Kier alpha value is -2.78. The third kappa shape index (κ3) is 3.76. The molecule has 1 amide bonds. The smallest absolute Gasteiger partial charge is 0.255 e. The summed E-state index contributed by atoms with van der Waals surface area (Å²) in [5, 5.41) is 10.3. The molecule has 0 aliphatic heterocycles. The molecule has 8 nitrogen and oxygen atoms in total. The molecule has 0 saturated heterocycles. The second-order valence-electron chi connectivity index (χ2n) is 7.03. The number of amides is 1. The molecule has 148 valence electrons. The van der Waals surface area contributed by atoms with Crippen molar-refractivity contribution in [2.24, 2.45) is 5.14 Å². The Bertz CT molecular complexity index is 1140. The van der Waals surface area contributed by atoms with Gasteiger partial charge in [-0.1, -0.05) is 12.1 Å². The van der Waals surface area contributed by atoms with Crippen LogP contribution in [0.1, 0.15) is 48.8 Å². The van der Waals surface area contributed by atoms with Crippen LogP contribution in [0.15, 0.2) is 47.6 Å². The molecule has 1 unspecified atom stereocenters. The number of sulfonamides is 1. The van der Waals surface area contributed by atoms with Gasteiger partial charge in [0.05, 0.1) is 22.7 Å². The molecule has 0 radical (unpaired) electrons. The molecule has 3 aromatic rings. The molecule has 0 spiro atoms. The number of hydrogen-bond donors (Lipinski definition) is 1. The Morgan fingerprint density at radius 3 is 2.54 bits per heavy atom. The van der Waals surface area contributed by atoms with E-state index in [1.54, 1.807) is 36.1 Å². The van der Waals surface area contributed by atoms with Gasteiger partial charge in [0, 0.05) is 24.7 Å². The third-order valence-corrected chi connectivity index (χ3v) is 5.65. The molecule has 1 atom stereocenters. The van der Waals surface area contributed by atoms with Crippen molar-refractivity contribution >= 4 is 27.0 Å². The van der Waals surface area contributed by atoms with Crippen molar-refractivity contribution in [3.05, 3.63) is 53.9 Å². The molecule has 0 aliphatic rings. The van der Waals surface area contributed by atoms with Gasteiger partial charge in [0.1, 0.15) is 0 Å². The summed E-state index contributed by atoms with van der Waals surface area (Å²) in [5.41, 5.74) is 1.83. The standard InChI is InChI=1S/C19H23N5O3S/c1-12(2)24-18-15(11-22-24)8-16(10-21-18)19(25)23(4)13(3)14-6-5-7-17(9-14)28(20,26)27/h5-13H,1-4H3,(H2,20,26,27). The van der Waals surface area contributed by atoms with E-state index in [9.17, 15) is 13.2 Å². The maximum absolute atomic E-state index is 12.9. The van der Waals surface area contributed by atoms with E-state index in [0.717, 1.165) is 11.0 Å². The van der Waals surface area contributed by atoms with Gasteiger partial charge in [-0.3, -0.25) is 4.79 Å². The van der Waals surface area contributed by atoms with Crippen molar-refractivity contribution in [3.63, 3.8) is 0 Å². The summed E-state index contributed by atoms with van der Waals surface area (Å²) in [6.07, 6.45) is 3.23. The van der Waals surface area contributed by atoms with Gasteiger partial charge in [-0.2, -0.15) is 5.10 Å². The number of pyridine rings is 1. The van der Waals surface area contributed by atoms with Crippen LogP contribution in [0, 0.1) is 0 Å². The van der Waals surface area contributed by atoms with Gasteiger partial charge in [0.2, 0.25) is 10.0 Å². The zero-order valence-corrected chi connectivity index (χ0v) is 17.0. The van der Waals surface area contributed by atoms with Gasteiger partial charge >= 0.3 is 0 Å². The number of hydrogen-bond acceptors (Lipinski definition) is 5. The van der Waals surface area contributed by atoms with E-state index in [1.807, 2.05) is 20.8 Å². The quantitative estimate of drug-likeness (QED) is 0.706. The van der Waals surface area contributed by atoms with E-state index >= 15 is 0 Å². The molecule has 0 aliphatic carbocycles. The lowest BCUT2D eigenvalue weighted by molar-refractivity contribution is 0.0742. The zero-order chi connectivity index (χ0) is 20.6. The fraction of sp³-hybridized carbons (Fsp3) is 0.316. The van der Waals surface area contributed by atoms with E-state index in [0.29, 0.717) is 11.1 Å². The van der Waals surface area contributed by atoms with Gasteiger partial charge in [0.15, 0.2) is 5.65 Å². The molecule has 9 heteroatoms. The maximum atomic E-state index is 12.9. The fourth-order valence-corrected chi connectivity index (χ4v) is 3.56. The van der Waals surface area contributed by atoms with E-state index < -0.39 is 10.0 Å². The Kier molecular flexibility index (Phi) is 5.22. The van der Waals surface area contributed by atoms with Crippen molar-refractivity contribution in [3.8, 4) is 0 Å². The van der Waals surface area contributed by atoms with Crippen LogP contribution in [0.4, 0.5) is 0 Å². The van der Waals surface area contributed by atoms with Crippen molar-refractivity contribution in [1.82, 2.24) is 19.7 Å². The highest BCUT2D eigenvalue weighted by atomic mass is 32.2. The minimum absolute atomic E-state index is 0.0156. The summed E-state index contributed by atoms with van der Waals surface area (Å²) < 4.78 is 25.0. The lowest BCUT2D eigenvalue weighted by Gasteiger charge is -2.25. The first-order valence-electron chi connectivity index (χ1n) is 8.82. The molecule has 0 saturated carbocycles.